The summed E-state index contributed by atoms with van der Waals surface area (Å²) >= 11 is 0. The normalized spacial score (nSPS) is 13.3. The highest BCUT2D eigenvalue weighted by Gasteiger charge is 2.20. The zero-order valence-electron chi connectivity index (χ0n) is 13.1. The quantitative estimate of drug-likeness (QED) is 0.473. The molecule has 0 saturated heterocycles. The van der Waals surface area contributed by atoms with Crippen LogP contribution in [-0.4, -0.2) is 55.0 Å². The van der Waals surface area contributed by atoms with E-state index in [1.807, 2.05) is 6.92 Å². The lowest BCUT2D eigenvalue weighted by Gasteiger charge is -2.16. The molecule has 2 aromatic heterocycles. The molecule has 0 fully saturated rings. The molecule has 0 radical (unpaired) electrons. The maximum atomic E-state index is 13.1. The number of nitrogen functional groups attached to an aromatic ring is 1. The van der Waals surface area contributed by atoms with Gasteiger partial charge >= 0.3 is 7.60 Å². The van der Waals surface area contributed by atoms with Gasteiger partial charge < -0.3 is 30.1 Å². The zero-order chi connectivity index (χ0) is 17.7. The maximum absolute atomic E-state index is 13.1. The van der Waals surface area contributed by atoms with E-state index in [9.17, 15) is 8.96 Å². The van der Waals surface area contributed by atoms with Crippen LogP contribution in [0.3, 0.4) is 0 Å². The Kier molecular flexibility index (Phi) is 6.05. The first-order valence-electron chi connectivity index (χ1n) is 7.28. The van der Waals surface area contributed by atoms with Crippen LogP contribution in [0.5, 0.6) is 0 Å². The van der Waals surface area contributed by atoms with Crippen molar-refractivity contribution in [3.8, 4) is 0 Å². The number of alkyl halides is 1. The number of ether oxygens (including phenoxy) is 1. The number of hydrogen-bond acceptors (Lipinski definition) is 7. The molecule has 2 rings (SSSR count). The number of hydrogen-bond donors (Lipinski definition) is 4. The fraction of sp³-hybridized carbons (Fsp3) is 0.583. The summed E-state index contributed by atoms with van der Waals surface area (Å²) in [5.41, 5.74) is 6.56. The van der Waals surface area contributed by atoms with Gasteiger partial charge in [0.2, 0.25) is 5.95 Å². The van der Waals surface area contributed by atoms with Gasteiger partial charge in [-0.1, -0.05) is 6.92 Å². The number of nitrogens with zero attached hydrogens (tertiary/aromatic N) is 4. The van der Waals surface area contributed by atoms with Crippen LogP contribution in [0.25, 0.3) is 11.2 Å². The molecule has 134 valence electrons. The molecule has 2 aromatic rings. The lowest BCUT2D eigenvalue weighted by molar-refractivity contribution is 0.0445. The molecule has 1 atom stereocenters. The third kappa shape index (κ3) is 4.84. The van der Waals surface area contributed by atoms with Crippen molar-refractivity contribution in [2.24, 2.45) is 0 Å². The van der Waals surface area contributed by atoms with Crippen LogP contribution in [-0.2, 0) is 15.8 Å². The summed E-state index contributed by atoms with van der Waals surface area (Å²) in [6.45, 7) is 1.74. The monoisotopic (exact) mass is 362 g/mol. The Balaban J connectivity index is 2.22. The van der Waals surface area contributed by atoms with E-state index in [1.165, 1.54) is 10.9 Å². The predicted molar refractivity (Wildman–Crippen MR) is 86.3 cm³/mol. The molecule has 0 amide bonds. The van der Waals surface area contributed by atoms with Gasteiger partial charge in [0, 0.05) is 6.54 Å². The van der Waals surface area contributed by atoms with Crippen LogP contribution >= 0.6 is 7.60 Å². The van der Waals surface area contributed by atoms with Crippen LogP contribution < -0.4 is 11.1 Å². The minimum Gasteiger partial charge on any atom is -0.368 e. The molecular weight excluding hydrogens is 342 g/mol. The summed E-state index contributed by atoms with van der Waals surface area (Å²) in [5, 5.41) is 3.09. The lowest BCUT2D eigenvalue weighted by atomic mass is 10.3. The van der Waals surface area contributed by atoms with Crippen LogP contribution in [0.2, 0.25) is 0 Å². The molecule has 10 nitrogen and oxygen atoms in total. The molecule has 2 heterocycles. The van der Waals surface area contributed by atoms with Crippen molar-refractivity contribution in [2.75, 3.05) is 30.6 Å². The smallest absolute Gasteiger partial charge is 0.350 e. The summed E-state index contributed by atoms with van der Waals surface area (Å²) in [7, 11) is -4.37. The highest BCUT2D eigenvalue weighted by Crippen LogP contribution is 2.34. The van der Waals surface area contributed by atoms with Gasteiger partial charge in [0.1, 0.15) is 19.1 Å². The van der Waals surface area contributed by atoms with Gasteiger partial charge in [-0.15, -0.1) is 0 Å². The van der Waals surface area contributed by atoms with E-state index >= 15 is 0 Å². The van der Waals surface area contributed by atoms with Crippen molar-refractivity contribution in [2.45, 2.75) is 26.0 Å². The summed E-state index contributed by atoms with van der Waals surface area (Å²) in [4.78, 5) is 30.0. The Bertz CT molecular complexity index is 736. The Labute approximate surface area is 137 Å². The van der Waals surface area contributed by atoms with Crippen molar-refractivity contribution in [1.29, 1.82) is 0 Å². The maximum Gasteiger partial charge on any atom is 0.350 e. The minimum atomic E-state index is -4.37. The van der Waals surface area contributed by atoms with Crippen molar-refractivity contribution < 1.29 is 23.5 Å². The van der Waals surface area contributed by atoms with Crippen molar-refractivity contribution >= 4 is 30.5 Å². The van der Waals surface area contributed by atoms with E-state index in [0.717, 1.165) is 6.42 Å². The van der Waals surface area contributed by atoms with Gasteiger partial charge in [0.25, 0.3) is 0 Å². The fourth-order valence-electron chi connectivity index (χ4n) is 2.03. The van der Waals surface area contributed by atoms with Gasteiger partial charge in [-0.05, 0) is 6.42 Å². The SMILES string of the molecule is CCCNc1nc(N)nc2c1ncn2C[C@@H](CF)OCP(=O)(O)O. The van der Waals surface area contributed by atoms with Crippen LogP contribution in [0.15, 0.2) is 6.33 Å². The molecule has 0 aliphatic carbocycles. The number of nitrogens with one attached hydrogen (secondary N) is 1. The van der Waals surface area contributed by atoms with Gasteiger partial charge in [-0.25, -0.2) is 9.37 Å². The number of fused-ring (bicyclic) bond motifs is 1. The highest BCUT2D eigenvalue weighted by atomic mass is 31.2. The van der Waals surface area contributed by atoms with E-state index in [-0.39, 0.29) is 12.5 Å². The Morgan fingerprint density at radius 3 is 2.88 bits per heavy atom. The lowest BCUT2D eigenvalue weighted by Crippen LogP contribution is -2.23. The first-order chi connectivity index (χ1) is 11.3. The molecule has 0 bridgehead atoms. The number of rotatable bonds is 9. The van der Waals surface area contributed by atoms with Gasteiger partial charge in [0.05, 0.1) is 12.9 Å². The molecule has 0 unspecified atom stereocenters. The third-order valence-electron chi connectivity index (χ3n) is 3.07. The Morgan fingerprint density at radius 1 is 1.50 bits per heavy atom. The second kappa shape index (κ2) is 7.84. The Hall–Kier alpha value is -1.81. The van der Waals surface area contributed by atoms with E-state index in [4.69, 9.17) is 20.3 Å². The molecular formula is C12H20FN6O4P. The van der Waals surface area contributed by atoms with E-state index in [2.05, 4.69) is 20.3 Å². The van der Waals surface area contributed by atoms with E-state index < -0.39 is 26.7 Å². The average Bonchev–Trinajstić information content (AvgIpc) is 2.90. The standard InChI is InChI=1S/C12H20FN6O4P/c1-2-3-15-10-9-11(18-12(14)17-10)19(6-16-9)5-8(4-13)23-7-24(20,21)22/h6,8H,2-5,7H2,1H3,(H2,20,21,22)(H3,14,15,17,18)/t8-/m1/s1. The molecule has 0 saturated carbocycles. The number of aromatic nitrogens is 4. The first kappa shape index (κ1) is 18.5. The number of halogens is 1. The van der Waals surface area contributed by atoms with Gasteiger partial charge in [-0.2, -0.15) is 9.97 Å². The fourth-order valence-corrected chi connectivity index (χ4v) is 2.43. The second-order valence-electron chi connectivity index (χ2n) is 5.16. The molecule has 0 aliphatic rings. The summed E-state index contributed by atoms with van der Waals surface area (Å²) in [6.07, 6.45) is 0.415. The van der Waals surface area contributed by atoms with Crippen LogP contribution in [0.4, 0.5) is 16.2 Å². The number of anilines is 2. The summed E-state index contributed by atoms with van der Waals surface area (Å²) < 4.78 is 30.3. The number of imidazole rings is 1. The van der Waals surface area contributed by atoms with E-state index in [0.29, 0.717) is 23.5 Å². The van der Waals surface area contributed by atoms with Crippen molar-refractivity contribution in [3.63, 3.8) is 0 Å². The first-order valence-corrected chi connectivity index (χ1v) is 9.08. The molecule has 0 aromatic carbocycles. The van der Waals surface area contributed by atoms with Gasteiger partial charge in [-0.3, -0.25) is 4.57 Å². The third-order valence-corrected chi connectivity index (χ3v) is 3.56. The largest absolute Gasteiger partial charge is 0.368 e. The zero-order valence-corrected chi connectivity index (χ0v) is 14.0. The molecule has 12 heteroatoms. The predicted octanol–water partition coefficient (Wildman–Crippen LogP) is 0.720. The van der Waals surface area contributed by atoms with Crippen molar-refractivity contribution in [3.05, 3.63) is 6.33 Å². The molecule has 0 spiro atoms. The van der Waals surface area contributed by atoms with Gasteiger partial charge in [0.15, 0.2) is 17.0 Å². The Morgan fingerprint density at radius 2 is 2.25 bits per heavy atom. The topological polar surface area (TPSA) is 148 Å². The second-order valence-corrected chi connectivity index (χ2v) is 6.75. The molecule has 5 N–H and O–H groups in total. The number of nitrogens with two attached hydrogens (primary N) is 1. The summed E-state index contributed by atoms with van der Waals surface area (Å²) in [5.74, 6) is 0.516. The molecule has 0 aliphatic heterocycles. The molecule has 24 heavy (non-hydrogen) atoms. The highest BCUT2D eigenvalue weighted by molar-refractivity contribution is 7.51. The minimum absolute atomic E-state index is 0.0172. The van der Waals surface area contributed by atoms with E-state index in [1.54, 1.807) is 0 Å². The average molecular weight is 362 g/mol. The van der Waals surface area contributed by atoms with Crippen LogP contribution in [0.1, 0.15) is 13.3 Å². The van der Waals surface area contributed by atoms with Crippen molar-refractivity contribution in [1.82, 2.24) is 19.5 Å². The summed E-state index contributed by atoms with van der Waals surface area (Å²) in [6, 6.07) is 0. The van der Waals surface area contributed by atoms with Crippen LogP contribution in [0, 0.1) is 0 Å².